The van der Waals surface area contributed by atoms with Gasteiger partial charge in [0.1, 0.15) is 0 Å². The van der Waals surface area contributed by atoms with Crippen LogP contribution in [0.15, 0.2) is 0 Å². The van der Waals surface area contributed by atoms with E-state index in [1.54, 1.807) is 0 Å². The molecule has 1 aliphatic rings. The van der Waals surface area contributed by atoms with E-state index in [0.717, 1.165) is 6.54 Å². The molecule has 0 bridgehead atoms. The quantitative estimate of drug-likeness (QED) is 0.664. The molecule has 1 saturated carbocycles. The van der Waals surface area contributed by atoms with Gasteiger partial charge in [-0.05, 0) is 32.9 Å². The van der Waals surface area contributed by atoms with Gasteiger partial charge in [-0.2, -0.15) is 0 Å². The normalized spacial score (nSPS) is 17.8. The molecule has 13 heavy (non-hydrogen) atoms. The Morgan fingerprint density at radius 3 is 2.08 bits per heavy atom. The third kappa shape index (κ3) is 9.84. The predicted octanol–water partition coefficient (Wildman–Crippen LogP) is 2.28. The Bertz CT molecular complexity index is 84.1. The summed E-state index contributed by atoms with van der Waals surface area (Å²) in [6.07, 6.45) is 9.26. The van der Waals surface area contributed by atoms with Crippen molar-refractivity contribution in [2.75, 3.05) is 13.6 Å². The highest BCUT2D eigenvalue weighted by atomic mass is 14.8. The Morgan fingerprint density at radius 2 is 1.85 bits per heavy atom. The Balaban J connectivity index is 0.000000226. The molecule has 2 heteroatoms. The zero-order valence-corrected chi connectivity index (χ0v) is 9.31. The van der Waals surface area contributed by atoms with Crippen LogP contribution in [0.4, 0.5) is 0 Å². The fourth-order valence-corrected chi connectivity index (χ4v) is 1.49. The zero-order chi connectivity index (χ0) is 9.94. The number of nitrogens with one attached hydrogen (secondary N) is 1. The summed E-state index contributed by atoms with van der Waals surface area (Å²) < 4.78 is 0. The highest BCUT2D eigenvalue weighted by Gasteiger charge is 2.06. The summed E-state index contributed by atoms with van der Waals surface area (Å²) in [6, 6.07) is 0.536. The van der Waals surface area contributed by atoms with Crippen LogP contribution in [0.25, 0.3) is 0 Å². The topological polar surface area (TPSA) is 38.0 Å². The van der Waals surface area contributed by atoms with Crippen LogP contribution in [0.1, 0.15) is 51.9 Å². The SMILES string of the molecule is CCCCNC.NC1CCCCC1. The van der Waals surface area contributed by atoms with E-state index in [2.05, 4.69) is 12.2 Å². The van der Waals surface area contributed by atoms with E-state index >= 15 is 0 Å². The smallest absolute Gasteiger partial charge is 0.00388 e. The second kappa shape index (κ2) is 10.0. The minimum atomic E-state index is 0.536. The monoisotopic (exact) mass is 186 g/mol. The minimum Gasteiger partial charge on any atom is -0.328 e. The third-order valence-corrected chi connectivity index (χ3v) is 2.43. The van der Waals surface area contributed by atoms with Crippen molar-refractivity contribution in [3.63, 3.8) is 0 Å². The van der Waals surface area contributed by atoms with Gasteiger partial charge in [0.2, 0.25) is 0 Å². The lowest BCUT2D eigenvalue weighted by Crippen LogP contribution is -2.22. The molecule has 1 rings (SSSR count). The van der Waals surface area contributed by atoms with E-state index in [-0.39, 0.29) is 0 Å². The minimum absolute atomic E-state index is 0.536. The van der Waals surface area contributed by atoms with Crippen LogP contribution in [-0.4, -0.2) is 19.6 Å². The largest absolute Gasteiger partial charge is 0.328 e. The standard InChI is InChI=1S/C6H13N.C5H13N/c7-6-4-2-1-3-5-6;1-3-4-5-6-2/h6H,1-5,7H2;6H,3-5H2,1-2H3. The van der Waals surface area contributed by atoms with Gasteiger partial charge in [0.25, 0.3) is 0 Å². The van der Waals surface area contributed by atoms with Crippen LogP contribution in [-0.2, 0) is 0 Å². The molecule has 0 unspecified atom stereocenters. The molecule has 1 aliphatic carbocycles. The molecule has 0 aromatic rings. The van der Waals surface area contributed by atoms with Crippen LogP contribution in [0, 0.1) is 0 Å². The zero-order valence-electron chi connectivity index (χ0n) is 9.31. The molecule has 0 heterocycles. The molecule has 3 N–H and O–H groups in total. The molecule has 0 aliphatic heterocycles. The first-order chi connectivity index (χ1) is 6.31. The Kier molecular flexibility index (Phi) is 9.94. The molecule has 0 atom stereocenters. The second-order valence-electron chi connectivity index (χ2n) is 3.86. The first-order valence-corrected chi connectivity index (χ1v) is 5.71. The van der Waals surface area contributed by atoms with Gasteiger partial charge in [-0.3, -0.25) is 0 Å². The summed E-state index contributed by atoms with van der Waals surface area (Å²) in [6.45, 7) is 3.36. The van der Waals surface area contributed by atoms with Crippen molar-refractivity contribution < 1.29 is 0 Å². The maximum Gasteiger partial charge on any atom is 0.00388 e. The molecule has 0 radical (unpaired) electrons. The van der Waals surface area contributed by atoms with Gasteiger partial charge in [0.05, 0.1) is 0 Å². The second-order valence-corrected chi connectivity index (χ2v) is 3.86. The first kappa shape index (κ1) is 12.9. The summed E-state index contributed by atoms with van der Waals surface area (Å²) in [5.41, 5.74) is 5.63. The van der Waals surface area contributed by atoms with Gasteiger partial charge >= 0.3 is 0 Å². The maximum absolute atomic E-state index is 5.63. The van der Waals surface area contributed by atoms with E-state index in [9.17, 15) is 0 Å². The molecule has 0 spiro atoms. The van der Waals surface area contributed by atoms with Crippen molar-refractivity contribution in [3.8, 4) is 0 Å². The molecule has 80 valence electrons. The van der Waals surface area contributed by atoms with Crippen molar-refractivity contribution in [3.05, 3.63) is 0 Å². The lowest BCUT2D eigenvalue weighted by molar-refractivity contribution is 0.441. The van der Waals surface area contributed by atoms with E-state index in [4.69, 9.17) is 5.73 Å². The van der Waals surface area contributed by atoms with Crippen LogP contribution >= 0.6 is 0 Å². The summed E-state index contributed by atoms with van der Waals surface area (Å²) >= 11 is 0. The number of hydrogen-bond donors (Lipinski definition) is 2. The lowest BCUT2D eigenvalue weighted by Gasteiger charge is -2.15. The highest BCUT2D eigenvalue weighted by Crippen LogP contribution is 2.14. The molecular formula is C11H26N2. The summed E-state index contributed by atoms with van der Waals surface area (Å²) in [4.78, 5) is 0. The van der Waals surface area contributed by atoms with Gasteiger partial charge in [-0.15, -0.1) is 0 Å². The lowest BCUT2D eigenvalue weighted by atomic mass is 9.97. The maximum atomic E-state index is 5.63. The number of unbranched alkanes of at least 4 members (excludes halogenated alkanes) is 1. The van der Waals surface area contributed by atoms with E-state index < -0.39 is 0 Å². The average Bonchev–Trinajstić information content (AvgIpc) is 2.17. The Labute approximate surface area is 83.3 Å². The Morgan fingerprint density at radius 1 is 1.23 bits per heavy atom. The van der Waals surface area contributed by atoms with Crippen LogP contribution in [0.3, 0.4) is 0 Å². The van der Waals surface area contributed by atoms with Gasteiger partial charge in [-0.1, -0.05) is 32.6 Å². The Hall–Kier alpha value is -0.0800. The van der Waals surface area contributed by atoms with Crippen molar-refractivity contribution in [1.82, 2.24) is 5.32 Å². The van der Waals surface area contributed by atoms with Gasteiger partial charge in [-0.25, -0.2) is 0 Å². The van der Waals surface area contributed by atoms with Crippen molar-refractivity contribution in [2.45, 2.75) is 57.9 Å². The summed E-state index contributed by atoms with van der Waals surface area (Å²) in [5.74, 6) is 0. The van der Waals surface area contributed by atoms with Crippen molar-refractivity contribution >= 4 is 0 Å². The van der Waals surface area contributed by atoms with E-state index in [0.29, 0.717) is 6.04 Å². The van der Waals surface area contributed by atoms with Gasteiger partial charge in [0.15, 0.2) is 0 Å². The third-order valence-electron chi connectivity index (χ3n) is 2.43. The summed E-state index contributed by atoms with van der Waals surface area (Å²) in [5, 5.41) is 3.07. The van der Waals surface area contributed by atoms with Crippen molar-refractivity contribution in [2.24, 2.45) is 5.73 Å². The fourth-order valence-electron chi connectivity index (χ4n) is 1.49. The number of hydrogen-bond acceptors (Lipinski definition) is 2. The van der Waals surface area contributed by atoms with Crippen LogP contribution < -0.4 is 11.1 Å². The molecule has 0 aromatic heterocycles. The molecule has 2 nitrogen and oxygen atoms in total. The molecular weight excluding hydrogens is 160 g/mol. The summed E-state index contributed by atoms with van der Waals surface area (Å²) in [7, 11) is 1.98. The molecule has 0 amide bonds. The van der Waals surface area contributed by atoms with E-state index in [1.807, 2.05) is 7.05 Å². The predicted molar refractivity (Wildman–Crippen MR) is 59.9 cm³/mol. The van der Waals surface area contributed by atoms with Crippen LogP contribution in [0.5, 0.6) is 0 Å². The molecule has 0 aromatic carbocycles. The van der Waals surface area contributed by atoms with Crippen LogP contribution in [0.2, 0.25) is 0 Å². The molecule has 0 saturated heterocycles. The number of rotatable bonds is 3. The van der Waals surface area contributed by atoms with Gasteiger partial charge < -0.3 is 11.1 Å². The average molecular weight is 186 g/mol. The van der Waals surface area contributed by atoms with Crippen molar-refractivity contribution in [1.29, 1.82) is 0 Å². The fraction of sp³-hybridized carbons (Fsp3) is 1.00. The molecule has 1 fully saturated rings. The van der Waals surface area contributed by atoms with Gasteiger partial charge in [0, 0.05) is 6.04 Å². The number of nitrogens with two attached hydrogens (primary N) is 1. The first-order valence-electron chi connectivity index (χ1n) is 5.71. The highest BCUT2D eigenvalue weighted by molar-refractivity contribution is 4.66. The van der Waals surface area contributed by atoms with E-state index in [1.165, 1.54) is 44.9 Å².